The zero-order valence-electron chi connectivity index (χ0n) is 8.84. The molecule has 1 fully saturated rings. The van der Waals surface area contributed by atoms with E-state index in [9.17, 15) is 14.4 Å². The van der Waals surface area contributed by atoms with E-state index in [0.717, 1.165) is 4.90 Å². The van der Waals surface area contributed by atoms with Crippen molar-refractivity contribution in [2.75, 3.05) is 25.2 Å². The number of thioether (sulfide) groups is 1. The SMILES string of the molecule is COCCC(C(=O)O)N1C(=O)CSCC1=O. The minimum absolute atomic E-state index is 0.119. The summed E-state index contributed by atoms with van der Waals surface area (Å²) in [4.78, 5) is 34.8. The Kier molecular flexibility index (Phi) is 4.75. The van der Waals surface area contributed by atoms with Crippen LogP contribution in [0.2, 0.25) is 0 Å². The maximum absolute atomic E-state index is 11.5. The van der Waals surface area contributed by atoms with Crippen molar-refractivity contribution in [2.45, 2.75) is 12.5 Å². The Morgan fingerprint density at radius 3 is 2.50 bits per heavy atom. The summed E-state index contributed by atoms with van der Waals surface area (Å²) in [6.07, 6.45) is 0.119. The number of rotatable bonds is 5. The molecule has 0 bridgehead atoms. The second-order valence-corrected chi connectivity index (χ2v) is 4.27. The number of hydrogen-bond donors (Lipinski definition) is 1. The van der Waals surface area contributed by atoms with Crippen molar-refractivity contribution >= 4 is 29.5 Å². The van der Waals surface area contributed by atoms with Crippen LogP contribution in [0.25, 0.3) is 0 Å². The lowest BCUT2D eigenvalue weighted by atomic mass is 10.1. The van der Waals surface area contributed by atoms with Gasteiger partial charge < -0.3 is 9.84 Å². The van der Waals surface area contributed by atoms with E-state index in [-0.39, 0.29) is 24.5 Å². The van der Waals surface area contributed by atoms with Crippen molar-refractivity contribution in [3.63, 3.8) is 0 Å². The average Bonchev–Trinajstić information content (AvgIpc) is 2.21. The molecule has 1 unspecified atom stereocenters. The number of ether oxygens (including phenoxy) is 1. The third kappa shape index (κ3) is 2.96. The topological polar surface area (TPSA) is 83.9 Å². The van der Waals surface area contributed by atoms with Crippen LogP contribution >= 0.6 is 11.8 Å². The van der Waals surface area contributed by atoms with Crippen molar-refractivity contribution in [2.24, 2.45) is 0 Å². The van der Waals surface area contributed by atoms with Crippen LogP contribution in [-0.4, -0.2) is 59.1 Å². The molecule has 0 radical (unpaired) electrons. The number of aliphatic carboxylic acids is 1. The summed E-state index contributed by atoms with van der Waals surface area (Å²) in [5.41, 5.74) is 0. The first-order chi connectivity index (χ1) is 7.57. The maximum Gasteiger partial charge on any atom is 0.327 e. The molecule has 7 heteroatoms. The molecule has 1 saturated heterocycles. The van der Waals surface area contributed by atoms with E-state index in [2.05, 4.69) is 0 Å². The molecule has 0 aliphatic carbocycles. The Morgan fingerprint density at radius 2 is 2.06 bits per heavy atom. The van der Waals surface area contributed by atoms with E-state index in [0.29, 0.717) is 0 Å². The molecule has 0 aromatic rings. The Bertz CT molecular complexity index is 290. The third-order valence-electron chi connectivity index (χ3n) is 2.18. The summed E-state index contributed by atoms with van der Waals surface area (Å²) >= 11 is 1.20. The molecular weight excluding hydrogens is 234 g/mol. The van der Waals surface area contributed by atoms with Gasteiger partial charge in [-0.2, -0.15) is 0 Å². The molecule has 2 amide bonds. The first-order valence-corrected chi connectivity index (χ1v) is 5.87. The fourth-order valence-electron chi connectivity index (χ4n) is 1.44. The molecule has 0 spiro atoms. The summed E-state index contributed by atoms with van der Waals surface area (Å²) in [6, 6.07) is -1.11. The van der Waals surface area contributed by atoms with Crippen LogP contribution in [0.15, 0.2) is 0 Å². The highest BCUT2D eigenvalue weighted by Crippen LogP contribution is 2.17. The lowest BCUT2D eigenvalue weighted by Gasteiger charge is -2.29. The Labute approximate surface area is 96.9 Å². The first-order valence-electron chi connectivity index (χ1n) is 4.72. The van der Waals surface area contributed by atoms with Crippen LogP contribution in [0.3, 0.4) is 0 Å². The number of carbonyl (C=O) groups is 3. The highest BCUT2D eigenvalue weighted by Gasteiger charge is 2.36. The van der Waals surface area contributed by atoms with Gasteiger partial charge in [-0.3, -0.25) is 14.5 Å². The smallest absolute Gasteiger partial charge is 0.327 e. The summed E-state index contributed by atoms with van der Waals surface area (Å²) < 4.78 is 4.77. The van der Waals surface area contributed by atoms with Crippen LogP contribution in [0.5, 0.6) is 0 Å². The molecule has 1 rings (SSSR count). The van der Waals surface area contributed by atoms with E-state index in [1.165, 1.54) is 18.9 Å². The Hall–Kier alpha value is -1.08. The van der Waals surface area contributed by atoms with Crippen molar-refractivity contribution in [1.82, 2.24) is 4.90 Å². The minimum Gasteiger partial charge on any atom is -0.480 e. The number of carboxylic acid groups (broad SMARTS) is 1. The second-order valence-electron chi connectivity index (χ2n) is 3.29. The number of imide groups is 1. The monoisotopic (exact) mass is 247 g/mol. The van der Waals surface area contributed by atoms with Crippen molar-refractivity contribution < 1.29 is 24.2 Å². The number of nitrogens with zero attached hydrogens (tertiary/aromatic N) is 1. The van der Waals surface area contributed by atoms with E-state index >= 15 is 0 Å². The molecule has 1 N–H and O–H groups in total. The lowest BCUT2D eigenvalue weighted by Crippen LogP contribution is -2.52. The van der Waals surface area contributed by atoms with Gasteiger partial charge in [0.15, 0.2) is 0 Å². The van der Waals surface area contributed by atoms with Gasteiger partial charge in [-0.05, 0) is 0 Å². The Balaban J connectivity index is 2.78. The van der Waals surface area contributed by atoms with Crippen LogP contribution in [0.1, 0.15) is 6.42 Å². The largest absolute Gasteiger partial charge is 0.480 e. The van der Waals surface area contributed by atoms with Crippen molar-refractivity contribution in [1.29, 1.82) is 0 Å². The fourth-order valence-corrected chi connectivity index (χ4v) is 2.17. The van der Waals surface area contributed by atoms with Gasteiger partial charge >= 0.3 is 5.97 Å². The van der Waals surface area contributed by atoms with E-state index < -0.39 is 23.8 Å². The summed E-state index contributed by atoms with van der Waals surface area (Å²) in [6.45, 7) is 0.196. The van der Waals surface area contributed by atoms with Crippen molar-refractivity contribution in [3.05, 3.63) is 0 Å². The molecule has 90 valence electrons. The van der Waals surface area contributed by atoms with Gasteiger partial charge in [0.1, 0.15) is 6.04 Å². The summed E-state index contributed by atoms with van der Waals surface area (Å²) in [7, 11) is 1.44. The van der Waals surface area contributed by atoms with Crippen LogP contribution in [0.4, 0.5) is 0 Å². The molecule has 0 aromatic heterocycles. The molecule has 1 atom stereocenters. The van der Waals surface area contributed by atoms with Gasteiger partial charge in [-0.15, -0.1) is 11.8 Å². The standard InChI is InChI=1S/C9H13NO5S/c1-15-3-2-6(9(13)14)10-7(11)4-16-5-8(10)12/h6H,2-5H2,1H3,(H,13,14). The second kappa shape index (κ2) is 5.86. The minimum atomic E-state index is -1.18. The molecule has 1 aliphatic rings. The van der Waals surface area contributed by atoms with Crippen LogP contribution in [-0.2, 0) is 19.1 Å². The third-order valence-corrected chi connectivity index (χ3v) is 3.08. The van der Waals surface area contributed by atoms with Gasteiger partial charge in [0.2, 0.25) is 11.8 Å². The zero-order chi connectivity index (χ0) is 12.1. The van der Waals surface area contributed by atoms with Gasteiger partial charge in [0.25, 0.3) is 0 Å². The normalized spacial score (nSPS) is 18.7. The average molecular weight is 247 g/mol. The number of carboxylic acids is 1. The molecule has 6 nitrogen and oxygen atoms in total. The van der Waals surface area contributed by atoms with E-state index in [1.54, 1.807) is 0 Å². The van der Waals surface area contributed by atoms with Gasteiger partial charge in [-0.25, -0.2) is 4.79 Å². The number of hydrogen-bond acceptors (Lipinski definition) is 5. The van der Waals surface area contributed by atoms with Crippen LogP contribution < -0.4 is 0 Å². The Morgan fingerprint density at radius 1 is 1.50 bits per heavy atom. The molecule has 1 heterocycles. The molecule has 16 heavy (non-hydrogen) atoms. The first kappa shape index (κ1) is 13.0. The number of methoxy groups -OCH3 is 1. The van der Waals surface area contributed by atoms with Gasteiger partial charge in [0.05, 0.1) is 11.5 Å². The lowest BCUT2D eigenvalue weighted by molar-refractivity contribution is -0.157. The van der Waals surface area contributed by atoms with Gasteiger partial charge in [-0.1, -0.05) is 0 Å². The quantitative estimate of drug-likeness (QED) is 0.664. The predicted molar refractivity (Wildman–Crippen MR) is 57.1 cm³/mol. The summed E-state index contributed by atoms with van der Waals surface area (Å²) in [5, 5.41) is 8.98. The molecule has 0 aromatic carbocycles. The summed E-state index contributed by atoms with van der Waals surface area (Å²) in [5.74, 6) is -1.74. The van der Waals surface area contributed by atoms with E-state index in [1.807, 2.05) is 0 Å². The highest BCUT2D eigenvalue weighted by atomic mass is 32.2. The zero-order valence-corrected chi connectivity index (χ0v) is 9.66. The number of amides is 2. The molecule has 1 aliphatic heterocycles. The van der Waals surface area contributed by atoms with E-state index in [4.69, 9.17) is 9.84 Å². The molecular formula is C9H13NO5S. The van der Waals surface area contributed by atoms with Crippen molar-refractivity contribution in [3.8, 4) is 0 Å². The number of carbonyl (C=O) groups excluding carboxylic acids is 2. The fraction of sp³-hybridized carbons (Fsp3) is 0.667. The molecule has 0 saturated carbocycles. The predicted octanol–water partition coefficient (Wildman–Crippen LogP) is -0.422. The maximum atomic E-state index is 11.5. The van der Waals surface area contributed by atoms with Gasteiger partial charge in [0, 0.05) is 20.1 Å². The van der Waals surface area contributed by atoms with Crippen LogP contribution in [0, 0.1) is 0 Å². The highest BCUT2D eigenvalue weighted by molar-refractivity contribution is 8.00.